The second-order valence-electron chi connectivity index (χ2n) is 5.16. The van der Waals surface area contributed by atoms with E-state index in [1.165, 1.54) is 11.8 Å². The molecule has 0 aliphatic carbocycles. The van der Waals surface area contributed by atoms with Gasteiger partial charge in [-0.25, -0.2) is 0 Å². The number of amides is 1. The third-order valence-electron chi connectivity index (χ3n) is 3.68. The van der Waals surface area contributed by atoms with Crippen molar-refractivity contribution >= 4 is 51.9 Å². The molecule has 1 aromatic carbocycles. The largest absolute Gasteiger partial charge is 0.317 e. The molecule has 0 atom stereocenters. The van der Waals surface area contributed by atoms with Crippen LogP contribution in [-0.2, 0) is 4.79 Å². The number of thioether (sulfide) groups is 1. The fourth-order valence-corrected chi connectivity index (χ4v) is 3.93. The lowest BCUT2D eigenvalue weighted by molar-refractivity contribution is -0.121. The number of rotatable bonds is 3. The number of carbonyl (C=O) groups excluding carboxylic acids is 1. The molecule has 1 aliphatic rings. The topological polar surface area (TPSA) is 25.2 Å². The maximum Gasteiger partial charge on any atom is 0.266 e. The molecule has 3 nitrogen and oxygen atoms in total. The van der Waals surface area contributed by atoms with Crippen molar-refractivity contribution in [2.75, 3.05) is 6.54 Å². The van der Waals surface area contributed by atoms with E-state index in [4.69, 9.17) is 23.8 Å². The summed E-state index contributed by atoms with van der Waals surface area (Å²) in [5.41, 5.74) is 2.91. The molecule has 23 heavy (non-hydrogen) atoms. The van der Waals surface area contributed by atoms with Gasteiger partial charge >= 0.3 is 0 Å². The van der Waals surface area contributed by atoms with Crippen molar-refractivity contribution < 1.29 is 4.79 Å². The zero-order valence-electron chi connectivity index (χ0n) is 12.7. The number of carbonyl (C=O) groups is 1. The Bertz CT molecular complexity index is 826. The van der Waals surface area contributed by atoms with Crippen LogP contribution >= 0.6 is 35.6 Å². The van der Waals surface area contributed by atoms with Crippen molar-refractivity contribution in [1.82, 2.24) is 9.47 Å². The fraction of sp³-hybridized carbons (Fsp3) is 0.176. The highest BCUT2D eigenvalue weighted by molar-refractivity contribution is 8.26. The molecular formula is C17H15ClN2OS2. The SMILES string of the molecule is CCN1C(=O)/C(=C/c2cccn2-c2ccc(C)c(Cl)c2)SC1=S. The van der Waals surface area contributed by atoms with Gasteiger partial charge in [-0.05, 0) is 49.8 Å². The summed E-state index contributed by atoms with van der Waals surface area (Å²) in [6.07, 6.45) is 3.83. The maximum atomic E-state index is 12.3. The van der Waals surface area contributed by atoms with Crippen molar-refractivity contribution in [2.45, 2.75) is 13.8 Å². The van der Waals surface area contributed by atoms with Gasteiger partial charge in [-0.15, -0.1) is 0 Å². The van der Waals surface area contributed by atoms with Crippen LogP contribution in [-0.4, -0.2) is 26.2 Å². The molecule has 0 spiro atoms. The average Bonchev–Trinajstić information content (AvgIpc) is 3.08. The van der Waals surface area contributed by atoms with Crippen LogP contribution in [0.25, 0.3) is 11.8 Å². The predicted molar refractivity (Wildman–Crippen MR) is 101 cm³/mol. The molecule has 2 aromatic rings. The van der Waals surface area contributed by atoms with E-state index in [1.807, 2.05) is 61.0 Å². The molecule has 118 valence electrons. The molecule has 0 bridgehead atoms. The number of halogens is 1. The second kappa shape index (κ2) is 6.51. The van der Waals surface area contributed by atoms with Gasteiger partial charge in [-0.1, -0.05) is 41.6 Å². The molecular weight excluding hydrogens is 348 g/mol. The van der Waals surface area contributed by atoms with Gasteiger partial charge in [0.2, 0.25) is 0 Å². The van der Waals surface area contributed by atoms with Crippen LogP contribution in [0.5, 0.6) is 0 Å². The minimum Gasteiger partial charge on any atom is -0.317 e. The molecule has 1 aromatic heterocycles. The Morgan fingerprint density at radius 3 is 2.78 bits per heavy atom. The first kappa shape index (κ1) is 16.3. The highest BCUT2D eigenvalue weighted by Crippen LogP contribution is 2.32. The summed E-state index contributed by atoms with van der Waals surface area (Å²) in [6, 6.07) is 9.83. The van der Waals surface area contributed by atoms with E-state index < -0.39 is 0 Å². The van der Waals surface area contributed by atoms with Crippen molar-refractivity contribution in [3.05, 3.63) is 57.7 Å². The van der Waals surface area contributed by atoms with E-state index >= 15 is 0 Å². The third kappa shape index (κ3) is 3.09. The minimum atomic E-state index is -0.0304. The normalized spacial score (nSPS) is 16.7. The Morgan fingerprint density at radius 2 is 2.13 bits per heavy atom. The summed E-state index contributed by atoms with van der Waals surface area (Å²) in [5, 5.41) is 0.722. The summed E-state index contributed by atoms with van der Waals surface area (Å²) in [6.45, 7) is 4.49. The Morgan fingerprint density at radius 1 is 1.35 bits per heavy atom. The quantitative estimate of drug-likeness (QED) is 0.586. The number of thiocarbonyl (C=S) groups is 1. The van der Waals surface area contributed by atoms with Gasteiger partial charge in [-0.3, -0.25) is 9.69 Å². The summed E-state index contributed by atoms with van der Waals surface area (Å²) in [7, 11) is 0. The molecule has 0 unspecified atom stereocenters. The Balaban J connectivity index is 1.99. The molecule has 6 heteroatoms. The van der Waals surface area contributed by atoms with Crippen molar-refractivity contribution in [3.8, 4) is 5.69 Å². The number of benzene rings is 1. The molecule has 1 amide bonds. The lowest BCUT2D eigenvalue weighted by atomic mass is 10.2. The zero-order chi connectivity index (χ0) is 16.6. The first-order chi connectivity index (χ1) is 11.0. The van der Waals surface area contributed by atoms with Gasteiger partial charge in [0.1, 0.15) is 4.32 Å². The molecule has 3 rings (SSSR count). The van der Waals surface area contributed by atoms with E-state index in [0.29, 0.717) is 15.8 Å². The van der Waals surface area contributed by atoms with Gasteiger partial charge in [0.05, 0.1) is 4.91 Å². The van der Waals surface area contributed by atoms with Crippen molar-refractivity contribution in [1.29, 1.82) is 0 Å². The highest BCUT2D eigenvalue weighted by atomic mass is 35.5. The number of hydrogen-bond donors (Lipinski definition) is 0. The molecule has 0 radical (unpaired) electrons. The zero-order valence-corrected chi connectivity index (χ0v) is 15.1. The third-order valence-corrected chi connectivity index (χ3v) is 5.47. The number of aryl methyl sites for hydroxylation is 1. The highest BCUT2D eigenvalue weighted by Gasteiger charge is 2.30. The summed E-state index contributed by atoms with van der Waals surface area (Å²) in [4.78, 5) is 14.6. The Labute approximate surface area is 149 Å². The van der Waals surface area contributed by atoms with Crippen molar-refractivity contribution in [2.24, 2.45) is 0 Å². The van der Waals surface area contributed by atoms with E-state index in [9.17, 15) is 4.79 Å². The second-order valence-corrected chi connectivity index (χ2v) is 7.25. The molecule has 1 saturated heterocycles. The van der Waals surface area contributed by atoms with Gasteiger partial charge in [0, 0.05) is 29.1 Å². The fourth-order valence-electron chi connectivity index (χ4n) is 2.39. The smallest absolute Gasteiger partial charge is 0.266 e. The number of nitrogens with zero attached hydrogens (tertiary/aromatic N) is 2. The summed E-state index contributed by atoms with van der Waals surface area (Å²) in [5.74, 6) is -0.0304. The predicted octanol–water partition coefficient (Wildman–Crippen LogP) is 4.66. The van der Waals surface area contributed by atoms with E-state index in [-0.39, 0.29) is 5.91 Å². The number of likely N-dealkylation sites (N-methyl/N-ethyl adjacent to an activating group) is 1. The van der Waals surface area contributed by atoms with Crippen LogP contribution in [0, 0.1) is 6.92 Å². The molecule has 0 N–H and O–H groups in total. The Hall–Kier alpha value is -1.56. The van der Waals surface area contributed by atoms with Crippen molar-refractivity contribution in [3.63, 3.8) is 0 Å². The maximum absolute atomic E-state index is 12.3. The summed E-state index contributed by atoms with van der Waals surface area (Å²) < 4.78 is 2.62. The lowest BCUT2D eigenvalue weighted by Crippen LogP contribution is -2.27. The van der Waals surface area contributed by atoms with Gasteiger partial charge < -0.3 is 4.57 Å². The summed E-state index contributed by atoms with van der Waals surface area (Å²) >= 11 is 12.8. The monoisotopic (exact) mass is 362 g/mol. The van der Waals surface area contributed by atoms with Gasteiger partial charge in [0.25, 0.3) is 5.91 Å². The number of hydrogen-bond acceptors (Lipinski definition) is 3. The van der Waals surface area contributed by atoms with Crippen LogP contribution in [0.4, 0.5) is 0 Å². The minimum absolute atomic E-state index is 0.0304. The van der Waals surface area contributed by atoms with Crippen LogP contribution in [0.15, 0.2) is 41.4 Å². The lowest BCUT2D eigenvalue weighted by Gasteiger charge is -2.10. The standard InChI is InChI=1S/C17H15ClN2OS2/c1-3-19-16(21)15(23-17(19)22)10-12-5-4-8-20(12)13-7-6-11(2)14(18)9-13/h4-10H,3H2,1-2H3/b15-10-. The molecule has 2 heterocycles. The molecule has 1 fully saturated rings. The molecule has 0 saturated carbocycles. The Kier molecular flexibility index (Phi) is 4.62. The van der Waals surface area contributed by atoms with Crippen LogP contribution in [0.1, 0.15) is 18.2 Å². The van der Waals surface area contributed by atoms with Crippen LogP contribution in [0.3, 0.4) is 0 Å². The first-order valence-electron chi connectivity index (χ1n) is 7.20. The van der Waals surface area contributed by atoms with Gasteiger partial charge in [-0.2, -0.15) is 0 Å². The molecule has 1 aliphatic heterocycles. The van der Waals surface area contributed by atoms with Crippen LogP contribution in [0.2, 0.25) is 5.02 Å². The van der Waals surface area contributed by atoms with E-state index in [2.05, 4.69) is 0 Å². The van der Waals surface area contributed by atoms with E-state index in [0.717, 1.165) is 22.0 Å². The van der Waals surface area contributed by atoms with Gasteiger partial charge in [0.15, 0.2) is 0 Å². The first-order valence-corrected chi connectivity index (χ1v) is 8.80. The number of aromatic nitrogens is 1. The van der Waals surface area contributed by atoms with Crippen LogP contribution < -0.4 is 0 Å². The van der Waals surface area contributed by atoms with E-state index in [1.54, 1.807) is 4.90 Å². The average molecular weight is 363 g/mol.